The summed E-state index contributed by atoms with van der Waals surface area (Å²) in [7, 11) is 1.65. The van der Waals surface area contributed by atoms with E-state index in [-0.39, 0.29) is 18.5 Å². The normalized spacial score (nSPS) is 23.6. The van der Waals surface area contributed by atoms with Crippen molar-refractivity contribution in [2.24, 2.45) is 0 Å². The van der Waals surface area contributed by atoms with Gasteiger partial charge in [0, 0.05) is 12.1 Å². The molecule has 98 valence electrons. The van der Waals surface area contributed by atoms with Crippen LogP contribution in [0.1, 0.15) is 37.3 Å². The number of carboxylic acid groups (broad SMARTS) is 1. The van der Waals surface area contributed by atoms with Crippen LogP contribution >= 0.6 is 0 Å². The Bertz CT molecular complexity index is 402. The summed E-state index contributed by atoms with van der Waals surface area (Å²) in [5, 5.41) is 12.3. The number of hydrogen-bond acceptors (Lipinski definition) is 3. The van der Waals surface area contributed by atoms with E-state index < -0.39 is 5.97 Å². The van der Waals surface area contributed by atoms with Gasteiger partial charge >= 0.3 is 5.97 Å². The Morgan fingerprint density at radius 2 is 2.11 bits per heavy atom. The number of ether oxygens (including phenoxy) is 1. The smallest absolute Gasteiger partial charge is 0.304 e. The fraction of sp³-hybridized carbons (Fsp3) is 0.500. The van der Waals surface area contributed by atoms with Crippen molar-refractivity contribution in [2.45, 2.75) is 37.8 Å². The van der Waals surface area contributed by atoms with Crippen molar-refractivity contribution < 1.29 is 14.6 Å². The maximum Gasteiger partial charge on any atom is 0.304 e. The zero-order chi connectivity index (χ0) is 13.0. The van der Waals surface area contributed by atoms with Crippen LogP contribution in [-0.2, 0) is 4.79 Å². The van der Waals surface area contributed by atoms with E-state index in [1.165, 1.54) is 5.56 Å². The molecule has 2 rings (SSSR count). The summed E-state index contributed by atoms with van der Waals surface area (Å²) in [4.78, 5) is 10.7. The third kappa shape index (κ3) is 3.23. The summed E-state index contributed by atoms with van der Waals surface area (Å²) in [6.07, 6.45) is 3.27. The number of carbonyl (C=O) groups is 1. The van der Waals surface area contributed by atoms with Gasteiger partial charge in [-0.15, -0.1) is 0 Å². The molecule has 0 saturated carbocycles. The molecule has 0 aromatic heterocycles. The number of aliphatic carboxylic acids is 1. The quantitative estimate of drug-likeness (QED) is 0.860. The van der Waals surface area contributed by atoms with E-state index in [1.807, 2.05) is 24.3 Å². The van der Waals surface area contributed by atoms with Crippen molar-refractivity contribution in [3.8, 4) is 5.75 Å². The minimum Gasteiger partial charge on any atom is -0.497 e. The van der Waals surface area contributed by atoms with Crippen LogP contribution in [0, 0.1) is 0 Å². The Morgan fingerprint density at radius 1 is 1.39 bits per heavy atom. The van der Waals surface area contributed by atoms with Crippen LogP contribution in [0.15, 0.2) is 24.3 Å². The van der Waals surface area contributed by atoms with Gasteiger partial charge in [0.1, 0.15) is 5.75 Å². The molecule has 0 aliphatic carbocycles. The maximum absolute atomic E-state index is 10.7. The summed E-state index contributed by atoms with van der Waals surface area (Å²) in [5.74, 6) is 0.111. The molecule has 4 nitrogen and oxygen atoms in total. The average molecular weight is 249 g/mol. The van der Waals surface area contributed by atoms with Gasteiger partial charge in [-0.1, -0.05) is 12.1 Å². The standard InChI is InChI=1S/C14H19NO3/c1-18-12-7-5-10(6-8-12)13-4-2-3-11(15-13)9-14(16)17/h5-8,11,13,15H,2-4,9H2,1H3,(H,16,17). The largest absolute Gasteiger partial charge is 0.497 e. The molecule has 1 aliphatic heterocycles. The average Bonchev–Trinajstić information content (AvgIpc) is 2.38. The third-order valence-corrected chi connectivity index (χ3v) is 3.42. The topological polar surface area (TPSA) is 58.6 Å². The lowest BCUT2D eigenvalue weighted by Crippen LogP contribution is -2.38. The molecule has 0 radical (unpaired) electrons. The highest BCUT2D eigenvalue weighted by molar-refractivity contribution is 5.67. The van der Waals surface area contributed by atoms with Crippen molar-refractivity contribution in [3.63, 3.8) is 0 Å². The highest BCUT2D eigenvalue weighted by Gasteiger charge is 2.23. The van der Waals surface area contributed by atoms with Crippen molar-refractivity contribution in [1.82, 2.24) is 5.32 Å². The van der Waals surface area contributed by atoms with Gasteiger partial charge in [0.05, 0.1) is 13.5 Å². The lowest BCUT2D eigenvalue weighted by atomic mass is 9.92. The number of benzene rings is 1. The van der Waals surface area contributed by atoms with Gasteiger partial charge in [0.25, 0.3) is 0 Å². The third-order valence-electron chi connectivity index (χ3n) is 3.42. The van der Waals surface area contributed by atoms with Crippen molar-refractivity contribution in [2.75, 3.05) is 7.11 Å². The molecule has 2 atom stereocenters. The van der Waals surface area contributed by atoms with E-state index in [0.717, 1.165) is 25.0 Å². The van der Waals surface area contributed by atoms with E-state index in [0.29, 0.717) is 0 Å². The number of hydrogen-bond donors (Lipinski definition) is 2. The fourth-order valence-corrected chi connectivity index (χ4v) is 2.49. The summed E-state index contributed by atoms with van der Waals surface area (Å²) in [5.41, 5.74) is 1.20. The zero-order valence-electron chi connectivity index (χ0n) is 10.6. The van der Waals surface area contributed by atoms with Crippen LogP contribution in [0.2, 0.25) is 0 Å². The van der Waals surface area contributed by atoms with E-state index in [9.17, 15) is 4.79 Å². The summed E-state index contributed by atoms with van der Waals surface area (Å²) >= 11 is 0. The Balaban J connectivity index is 2.01. The number of carboxylic acids is 1. The minimum absolute atomic E-state index is 0.0864. The summed E-state index contributed by atoms with van der Waals surface area (Å²) in [6.45, 7) is 0. The molecule has 1 aromatic carbocycles. The van der Waals surface area contributed by atoms with Gasteiger partial charge in [-0.25, -0.2) is 0 Å². The Kier molecular flexibility index (Phi) is 4.20. The molecule has 18 heavy (non-hydrogen) atoms. The minimum atomic E-state index is -0.733. The second-order valence-corrected chi connectivity index (χ2v) is 4.72. The van der Waals surface area contributed by atoms with Crippen LogP contribution in [0.5, 0.6) is 5.75 Å². The van der Waals surface area contributed by atoms with Crippen molar-refractivity contribution in [3.05, 3.63) is 29.8 Å². The van der Waals surface area contributed by atoms with E-state index in [4.69, 9.17) is 9.84 Å². The molecule has 0 amide bonds. The fourth-order valence-electron chi connectivity index (χ4n) is 2.49. The molecule has 2 N–H and O–H groups in total. The SMILES string of the molecule is COc1ccc(C2CCCC(CC(=O)O)N2)cc1. The first-order valence-corrected chi connectivity index (χ1v) is 6.31. The van der Waals surface area contributed by atoms with Crippen molar-refractivity contribution >= 4 is 5.97 Å². The molecular weight excluding hydrogens is 230 g/mol. The zero-order valence-corrected chi connectivity index (χ0v) is 10.6. The second-order valence-electron chi connectivity index (χ2n) is 4.72. The van der Waals surface area contributed by atoms with E-state index in [1.54, 1.807) is 7.11 Å². The van der Waals surface area contributed by atoms with E-state index >= 15 is 0 Å². The number of nitrogens with one attached hydrogen (secondary N) is 1. The molecule has 4 heteroatoms. The predicted octanol–water partition coefficient (Wildman–Crippen LogP) is 2.35. The van der Waals surface area contributed by atoms with E-state index in [2.05, 4.69) is 5.32 Å². The molecule has 1 heterocycles. The lowest BCUT2D eigenvalue weighted by molar-refractivity contribution is -0.137. The first-order valence-electron chi connectivity index (χ1n) is 6.31. The molecule has 2 unspecified atom stereocenters. The van der Waals surface area contributed by atoms with Crippen LogP contribution in [0.4, 0.5) is 0 Å². The Labute approximate surface area is 107 Å². The molecular formula is C14H19NO3. The summed E-state index contributed by atoms with van der Waals surface area (Å²) < 4.78 is 5.13. The molecule has 1 aromatic rings. The van der Waals surface area contributed by atoms with Crippen LogP contribution < -0.4 is 10.1 Å². The maximum atomic E-state index is 10.7. The number of methoxy groups -OCH3 is 1. The van der Waals surface area contributed by atoms with Gasteiger partial charge in [-0.05, 0) is 37.0 Å². The number of piperidine rings is 1. The molecule has 1 saturated heterocycles. The summed E-state index contributed by atoms with van der Waals surface area (Å²) in [6, 6.07) is 8.31. The highest BCUT2D eigenvalue weighted by Crippen LogP contribution is 2.27. The first-order chi connectivity index (χ1) is 8.69. The first kappa shape index (κ1) is 12.9. The Hall–Kier alpha value is -1.55. The van der Waals surface area contributed by atoms with Gasteiger partial charge in [-0.2, -0.15) is 0 Å². The second kappa shape index (κ2) is 5.87. The molecule has 0 spiro atoms. The molecule has 1 aliphatic rings. The van der Waals surface area contributed by atoms with Crippen LogP contribution in [-0.4, -0.2) is 24.2 Å². The van der Waals surface area contributed by atoms with Crippen molar-refractivity contribution in [1.29, 1.82) is 0 Å². The predicted molar refractivity (Wildman–Crippen MR) is 68.8 cm³/mol. The Morgan fingerprint density at radius 3 is 2.72 bits per heavy atom. The lowest BCUT2D eigenvalue weighted by Gasteiger charge is -2.30. The number of rotatable bonds is 4. The van der Waals surface area contributed by atoms with Gasteiger partial charge < -0.3 is 15.2 Å². The van der Waals surface area contributed by atoms with Crippen LogP contribution in [0.25, 0.3) is 0 Å². The molecule has 1 fully saturated rings. The van der Waals surface area contributed by atoms with Gasteiger partial charge in [0.2, 0.25) is 0 Å². The van der Waals surface area contributed by atoms with Gasteiger partial charge in [-0.3, -0.25) is 4.79 Å². The van der Waals surface area contributed by atoms with Gasteiger partial charge in [0.15, 0.2) is 0 Å². The van der Waals surface area contributed by atoms with Crippen LogP contribution in [0.3, 0.4) is 0 Å². The monoisotopic (exact) mass is 249 g/mol. The highest BCUT2D eigenvalue weighted by atomic mass is 16.5. The molecule has 0 bridgehead atoms.